The maximum Gasteiger partial charge on any atom is 0.268 e. The molecule has 2 atom stereocenters. The molecular weight excluding hydrogens is 448 g/mol. The van der Waals surface area contributed by atoms with Crippen LogP contribution >= 0.6 is 0 Å². The first-order chi connectivity index (χ1) is 16.3. The number of sulfonamides is 1. The number of fused-ring (bicyclic) bond motifs is 2. The highest BCUT2D eigenvalue weighted by molar-refractivity contribution is 7.93. The van der Waals surface area contributed by atoms with E-state index in [0.29, 0.717) is 24.4 Å². The summed E-state index contributed by atoms with van der Waals surface area (Å²) in [6, 6.07) is 15.1. The lowest BCUT2D eigenvalue weighted by atomic mass is 9.87. The second kappa shape index (κ2) is 8.58. The van der Waals surface area contributed by atoms with E-state index in [1.165, 1.54) is 15.4 Å². The van der Waals surface area contributed by atoms with Crippen LogP contribution in [0.5, 0.6) is 0 Å². The molecule has 1 N–H and O–H groups in total. The zero-order valence-electron chi connectivity index (χ0n) is 19.8. The standard InChI is InChI=1S/C26H30N4O3S/c1-17-25(34(32,33)29-16-15-21-10-5-7-14-24(21)29)18(2)30(28-17)19(3)26(31)27-23-13-8-11-20-9-4-6-12-22(20)23/h4-7,9-10,12,14,19,23H,8,11,13,15-16H2,1-3H3,(H,27,31)/t19-,23-/m0/s1. The Bertz CT molecular complexity index is 1360. The fourth-order valence-corrected chi connectivity index (χ4v) is 7.24. The van der Waals surface area contributed by atoms with Crippen molar-refractivity contribution in [1.29, 1.82) is 0 Å². The molecule has 2 aromatic carbocycles. The molecule has 8 heteroatoms. The Labute approximate surface area is 200 Å². The number of para-hydroxylation sites is 1. The highest BCUT2D eigenvalue weighted by atomic mass is 32.2. The Hall–Kier alpha value is -3.13. The van der Waals surface area contributed by atoms with E-state index in [-0.39, 0.29) is 16.8 Å². The van der Waals surface area contributed by atoms with Gasteiger partial charge in [-0.05, 0) is 69.2 Å². The third kappa shape index (κ3) is 3.70. The molecule has 0 spiro atoms. The predicted octanol–water partition coefficient (Wildman–Crippen LogP) is 4.01. The third-order valence-corrected chi connectivity index (χ3v) is 9.15. The molecule has 1 aliphatic carbocycles. The molecule has 0 fully saturated rings. The molecule has 0 unspecified atom stereocenters. The lowest BCUT2D eigenvalue weighted by Crippen LogP contribution is -2.36. The third-order valence-electron chi connectivity index (χ3n) is 7.08. The number of carbonyl (C=O) groups excluding carboxylic acids is 1. The fourth-order valence-electron chi connectivity index (χ4n) is 5.37. The monoisotopic (exact) mass is 478 g/mol. The Morgan fingerprint density at radius 1 is 1.06 bits per heavy atom. The number of hydrogen-bond donors (Lipinski definition) is 1. The molecule has 2 heterocycles. The normalized spacial score (nSPS) is 18.3. The second-order valence-electron chi connectivity index (χ2n) is 9.23. The van der Waals surface area contributed by atoms with Crippen molar-refractivity contribution in [3.05, 3.63) is 76.6 Å². The van der Waals surface area contributed by atoms with Crippen molar-refractivity contribution in [2.24, 2.45) is 0 Å². The summed E-state index contributed by atoms with van der Waals surface area (Å²) in [6.45, 7) is 5.60. The maximum atomic E-state index is 13.7. The fraction of sp³-hybridized carbons (Fsp3) is 0.385. The summed E-state index contributed by atoms with van der Waals surface area (Å²) < 4.78 is 30.4. The van der Waals surface area contributed by atoms with Gasteiger partial charge in [-0.3, -0.25) is 13.8 Å². The van der Waals surface area contributed by atoms with Crippen molar-refractivity contribution < 1.29 is 13.2 Å². The topological polar surface area (TPSA) is 84.3 Å². The molecule has 2 aliphatic rings. The number of benzene rings is 2. The van der Waals surface area contributed by atoms with Crippen LogP contribution in [-0.4, -0.2) is 30.7 Å². The van der Waals surface area contributed by atoms with E-state index >= 15 is 0 Å². The van der Waals surface area contributed by atoms with Gasteiger partial charge in [-0.1, -0.05) is 42.5 Å². The smallest absolute Gasteiger partial charge is 0.268 e. The molecule has 5 rings (SSSR count). The molecule has 1 aromatic heterocycles. The molecule has 1 aliphatic heterocycles. The minimum absolute atomic E-state index is 0.0406. The molecule has 3 aromatic rings. The number of anilines is 1. The molecule has 34 heavy (non-hydrogen) atoms. The van der Waals surface area contributed by atoms with Crippen molar-refractivity contribution in [3.8, 4) is 0 Å². The number of amides is 1. The van der Waals surface area contributed by atoms with Gasteiger partial charge in [-0.15, -0.1) is 0 Å². The SMILES string of the molecule is Cc1nn([C@@H](C)C(=O)N[C@H]2CCCc3ccccc32)c(C)c1S(=O)(=O)N1CCc2ccccc21. The van der Waals surface area contributed by atoms with Crippen LogP contribution in [-0.2, 0) is 27.7 Å². The highest BCUT2D eigenvalue weighted by Crippen LogP contribution is 2.35. The Morgan fingerprint density at radius 2 is 1.76 bits per heavy atom. The van der Waals surface area contributed by atoms with Gasteiger partial charge in [0.2, 0.25) is 5.91 Å². The van der Waals surface area contributed by atoms with Crippen LogP contribution in [0.4, 0.5) is 5.69 Å². The van der Waals surface area contributed by atoms with Crippen LogP contribution in [0.15, 0.2) is 53.4 Å². The van der Waals surface area contributed by atoms with E-state index < -0.39 is 16.1 Å². The minimum Gasteiger partial charge on any atom is -0.347 e. The first-order valence-corrected chi connectivity index (χ1v) is 13.3. The van der Waals surface area contributed by atoms with Gasteiger partial charge < -0.3 is 5.32 Å². The van der Waals surface area contributed by atoms with Crippen molar-refractivity contribution in [2.75, 3.05) is 10.8 Å². The first-order valence-electron chi connectivity index (χ1n) is 11.8. The van der Waals surface area contributed by atoms with Crippen LogP contribution in [0.3, 0.4) is 0 Å². The van der Waals surface area contributed by atoms with Crippen molar-refractivity contribution in [3.63, 3.8) is 0 Å². The van der Waals surface area contributed by atoms with Crippen molar-refractivity contribution in [1.82, 2.24) is 15.1 Å². The van der Waals surface area contributed by atoms with Crippen LogP contribution in [0, 0.1) is 13.8 Å². The molecule has 7 nitrogen and oxygen atoms in total. The van der Waals surface area contributed by atoms with E-state index in [1.807, 2.05) is 36.4 Å². The predicted molar refractivity (Wildman–Crippen MR) is 131 cm³/mol. The van der Waals surface area contributed by atoms with Crippen molar-refractivity contribution in [2.45, 2.75) is 63.4 Å². The summed E-state index contributed by atoms with van der Waals surface area (Å²) >= 11 is 0. The number of nitrogens with zero attached hydrogens (tertiary/aromatic N) is 3. The summed E-state index contributed by atoms with van der Waals surface area (Å²) in [6.07, 6.45) is 3.62. The Kier molecular flexibility index (Phi) is 5.72. The number of hydrogen-bond acceptors (Lipinski definition) is 4. The van der Waals surface area contributed by atoms with Crippen LogP contribution < -0.4 is 9.62 Å². The largest absolute Gasteiger partial charge is 0.347 e. The summed E-state index contributed by atoms with van der Waals surface area (Å²) in [5, 5.41) is 7.69. The Balaban J connectivity index is 1.42. The quantitative estimate of drug-likeness (QED) is 0.601. The zero-order chi connectivity index (χ0) is 24.0. The number of aromatic nitrogens is 2. The van der Waals surface area contributed by atoms with Gasteiger partial charge in [0.05, 0.1) is 23.1 Å². The van der Waals surface area contributed by atoms with E-state index in [1.54, 1.807) is 25.5 Å². The summed E-state index contributed by atoms with van der Waals surface area (Å²) in [4.78, 5) is 13.4. The van der Waals surface area contributed by atoms with E-state index in [9.17, 15) is 13.2 Å². The van der Waals surface area contributed by atoms with E-state index in [4.69, 9.17) is 0 Å². The van der Waals surface area contributed by atoms with Gasteiger partial charge in [-0.25, -0.2) is 8.42 Å². The van der Waals surface area contributed by atoms with E-state index in [0.717, 1.165) is 30.5 Å². The van der Waals surface area contributed by atoms with Gasteiger partial charge in [0.25, 0.3) is 10.0 Å². The number of nitrogens with one attached hydrogen (secondary N) is 1. The number of rotatable bonds is 5. The Morgan fingerprint density at radius 3 is 2.56 bits per heavy atom. The molecule has 1 amide bonds. The highest BCUT2D eigenvalue weighted by Gasteiger charge is 2.36. The van der Waals surface area contributed by atoms with Crippen LogP contribution in [0.2, 0.25) is 0 Å². The molecule has 0 saturated carbocycles. The molecule has 178 valence electrons. The maximum absolute atomic E-state index is 13.7. The molecule has 0 radical (unpaired) electrons. The van der Waals surface area contributed by atoms with Crippen molar-refractivity contribution >= 4 is 21.6 Å². The summed E-state index contributed by atoms with van der Waals surface area (Å²) in [5.74, 6) is -0.164. The lowest BCUT2D eigenvalue weighted by molar-refractivity contribution is -0.125. The zero-order valence-corrected chi connectivity index (χ0v) is 20.6. The number of aryl methyl sites for hydroxylation is 2. The molecule has 0 saturated heterocycles. The lowest BCUT2D eigenvalue weighted by Gasteiger charge is -2.27. The first kappa shape index (κ1) is 22.7. The van der Waals surface area contributed by atoms with Gasteiger partial charge >= 0.3 is 0 Å². The van der Waals surface area contributed by atoms with E-state index in [2.05, 4.69) is 22.5 Å². The molecular formula is C26H30N4O3S. The van der Waals surface area contributed by atoms with Gasteiger partial charge in [-0.2, -0.15) is 5.10 Å². The average Bonchev–Trinajstić information content (AvgIpc) is 3.40. The minimum atomic E-state index is -3.80. The van der Waals surface area contributed by atoms with Gasteiger partial charge in [0.15, 0.2) is 0 Å². The van der Waals surface area contributed by atoms with Gasteiger partial charge in [0.1, 0.15) is 10.9 Å². The second-order valence-corrected chi connectivity index (χ2v) is 11.0. The number of carbonyl (C=O) groups is 1. The van der Waals surface area contributed by atoms with Crippen LogP contribution in [0.1, 0.15) is 59.9 Å². The summed E-state index contributed by atoms with van der Waals surface area (Å²) in [5.41, 5.74) is 5.07. The van der Waals surface area contributed by atoms with Gasteiger partial charge in [0, 0.05) is 6.54 Å². The van der Waals surface area contributed by atoms with Crippen LogP contribution in [0.25, 0.3) is 0 Å². The average molecular weight is 479 g/mol. The molecule has 0 bridgehead atoms. The summed E-state index contributed by atoms with van der Waals surface area (Å²) in [7, 11) is -3.80.